The number of ether oxygens (including phenoxy) is 12. The van der Waals surface area contributed by atoms with Crippen molar-refractivity contribution in [2.75, 3.05) is 72.1 Å². The van der Waals surface area contributed by atoms with Crippen molar-refractivity contribution in [1.29, 1.82) is 0 Å². The van der Waals surface area contributed by atoms with Crippen LogP contribution in [-0.2, 0) is 90.4 Å². The fraction of sp³-hybridized carbons (Fsp3) is 0.887. The summed E-state index contributed by atoms with van der Waals surface area (Å²) in [7, 11) is 1.49. The number of carbonyl (C=O) groups excluding carboxylic acids is 5. The van der Waals surface area contributed by atoms with Crippen molar-refractivity contribution >= 4 is 53.2 Å². The molecule has 7 saturated heterocycles. The van der Waals surface area contributed by atoms with E-state index in [4.69, 9.17) is 56.8 Å². The van der Waals surface area contributed by atoms with Crippen LogP contribution in [-0.4, -0.2) is 398 Å². The SMILES string of the molecule is CNC(=O)CCCCN1C(=O)CC(SCCC(=O)NCCO[C@@H]2OC(CO)[C@H](O)C(O[C@@H]3OC(CO[C@]4(C(=O)O)C[C@@H](O)[C@@H](C)C([C@H](O)[C@H](O)CO)O4)[C@@H](O)C(O[C@@H]4OC(CO)[C@H](O[C@@H]5OC(CO)[C@H](O)C(O)[C@@H]5C)[C@H](O[C@@]5(C(=O)O)C[C@H](O)[C@H](C)C([C@H](O)[C@H](O)CO)O5)C4O)[C@@H]3NC(C)=O)[C@@H]2O)C1=O. The van der Waals surface area contributed by atoms with Crippen molar-refractivity contribution in [2.24, 2.45) is 17.8 Å². The lowest BCUT2D eigenvalue weighted by molar-refractivity contribution is -0.403. The number of thioether (sulfide) groups is 1. The maximum absolute atomic E-state index is 13.7. The van der Waals surface area contributed by atoms with Gasteiger partial charge in [0.2, 0.25) is 29.5 Å². The van der Waals surface area contributed by atoms with E-state index in [1.165, 1.54) is 27.8 Å². The van der Waals surface area contributed by atoms with Gasteiger partial charge in [-0.05, 0) is 12.8 Å². The molecule has 105 heavy (non-hydrogen) atoms. The van der Waals surface area contributed by atoms with Gasteiger partial charge in [-0.15, -0.1) is 11.8 Å². The van der Waals surface area contributed by atoms with Crippen molar-refractivity contribution in [3.63, 3.8) is 0 Å². The molecule has 7 aliphatic rings. The topological polar surface area (TPSA) is 654 Å². The van der Waals surface area contributed by atoms with Crippen LogP contribution in [0.15, 0.2) is 0 Å². The van der Waals surface area contributed by atoms with Crippen molar-refractivity contribution < 1.29 is 187 Å². The molecule has 33 atom stereocenters. The van der Waals surface area contributed by atoms with Crippen LogP contribution in [0.1, 0.15) is 72.6 Å². The molecule has 0 aromatic heterocycles. The van der Waals surface area contributed by atoms with E-state index in [1.807, 2.05) is 0 Å². The zero-order chi connectivity index (χ0) is 77.9. The molecule has 0 radical (unpaired) electrons. The summed E-state index contributed by atoms with van der Waals surface area (Å²) in [6, 6.07) is -2.09. The van der Waals surface area contributed by atoms with E-state index in [0.717, 1.165) is 23.6 Å². The fourth-order valence-electron chi connectivity index (χ4n) is 13.3. The van der Waals surface area contributed by atoms with Crippen molar-refractivity contribution in [3.8, 4) is 0 Å². The number of carboxylic acid groups (broad SMARTS) is 2. The zero-order valence-electron chi connectivity index (χ0n) is 58.0. The summed E-state index contributed by atoms with van der Waals surface area (Å²) in [4.78, 5) is 91.8. The summed E-state index contributed by atoms with van der Waals surface area (Å²) in [5, 5.41) is 217. The minimum atomic E-state index is -3.27. The van der Waals surface area contributed by atoms with E-state index < -0.39 is 295 Å². The van der Waals surface area contributed by atoms with E-state index in [9.17, 15) is 131 Å². The number of nitrogens with one attached hydrogen (secondary N) is 3. The lowest BCUT2D eigenvalue weighted by Crippen LogP contribution is -2.71. The molecule has 0 aromatic carbocycles. The predicted molar refractivity (Wildman–Crippen MR) is 341 cm³/mol. The number of nitrogens with zero attached hydrogens (tertiary/aromatic N) is 1. The second-order valence-corrected chi connectivity index (χ2v) is 28.3. The van der Waals surface area contributed by atoms with Gasteiger partial charge >= 0.3 is 11.9 Å². The normalized spacial score (nSPS) is 40.9. The van der Waals surface area contributed by atoms with Gasteiger partial charge in [0.15, 0.2) is 25.2 Å². The van der Waals surface area contributed by atoms with Gasteiger partial charge < -0.3 is 170 Å². The Morgan fingerprint density at radius 2 is 1.12 bits per heavy atom. The predicted octanol–water partition coefficient (Wildman–Crippen LogP) is -11.4. The second-order valence-electron chi connectivity index (χ2n) is 27.0. The third-order valence-corrected chi connectivity index (χ3v) is 21.0. The van der Waals surface area contributed by atoms with Crippen LogP contribution in [0.4, 0.5) is 0 Å². The molecule has 11 unspecified atom stereocenters. The van der Waals surface area contributed by atoms with Crippen LogP contribution in [0.5, 0.6) is 0 Å². The highest BCUT2D eigenvalue weighted by Crippen LogP contribution is 2.44. The Morgan fingerprint density at radius 1 is 0.600 bits per heavy atom. The summed E-state index contributed by atoms with van der Waals surface area (Å²) < 4.78 is 72.1. The Hall–Kier alpha value is -4.32. The number of aliphatic carboxylic acids is 2. The molecule has 43 heteroatoms. The van der Waals surface area contributed by atoms with E-state index >= 15 is 0 Å². The minimum absolute atomic E-state index is 0.0930. The van der Waals surface area contributed by atoms with Gasteiger partial charge in [0.05, 0.1) is 82.0 Å². The van der Waals surface area contributed by atoms with Crippen LogP contribution in [0, 0.1) is 17.8 Å². The highest BCUT2D eigenvalue weighted by atomic mass is 32.2. The molecule has 0 spiro atoms. The molecule has 7 rings (SSSR count). The molecule has 22 N–H and O–H groups in total. The first-order valence-electron chi connectivity index (χ1n) is 34.3. The van der Waals surface area contributed by atoms with E-state index in [0.29, 0.717) is 12.8 Å². The summed E-state index contributed by atoms with van der Waals surface area (Å²) in [6.45, 7) is -2.56. The number of hydrogen-bond donors (Lipinski definition) is 22. The Labute approximate surface area is 604 Å². The highest BCUT2D eigenvalue weighted by molar-refractivity contribution is 8.00. The number of aliphatic hydroxyl groups excluding tert-OH is 17. The van der Waals surface area contributed by atoms with Gasteiger partial charge in [-0.3, -0.25) is 28.9 Å². The van der Waals surface area contributed by atoms with Gasteiger partial charge in [0, 0.05) is 82.7 Å². The Bertz CT molecular complexity index is 2850. The van der Waals surface area contributed by atoms with Gasteiger partial charge in [-0.25, -0.2) is 9.59 Å². The highest BCUT2D eigenvalue weighted by Gasteiger charge is 2.63. The smallest absolute Gasteiger partial charge is 0.364 e. The average Bonchev–Trinajstić information content (AvgIpc) is 1.03. The van der Waals surface area contributed by atoms with Gasteiger partial charge in [-0.1, -0.05) is 20.8 Å². The Balaban J connectivity index is 1.20. The van der Waals surface area contributed by atoms with Crippen molar-refractivity contribution in [2.45, 2.75) is 255 Å². The van der Waals surface area contributed by atoms with E-state index in [2.05, 4.69) is 16.0 Å². The Kier molecular flexibility index (Phi) is 32.7. The van der Waals surface area contributed by atoms with Crippen LogP contribution < -0.4 is 16.0 Å². The lowest BCUT2D eigenvalue weighted by Gasteiger charge is -2.52. The lowest BCUT2D eigenvalue weighted by atomic mass is 9.84. The third-order valence-electron chi connectivity index (χ3n) is 19.7. The number of carbonyl (C=O) groups is 7. The molecular formula is C62H102N4O38S. The standard InChI is InChI=1S/C62H102N4O38S/c1-23-27(73)15-61(59(89)90,102-48(23)41(81)29(75)17-67)94-22-34-45(85)51(100-58-47(87)53(50(33(21-71)97-58)99-55-25(3)40(80)43(83)31(19-69)95-55)104-62(60(91)92)16-28(74)24(2)49(103-62)42(82)30(76)18-68)39(65-26(4)72)56(98-34)101-52-44(84)32(20-70)96-57(46(52)86)93-12-10-64-37(78)9-13-105-35-14-38(79)66(54(35)88)11-7-6-8-36(77)63-5/h23-25,27-35,39-53,55-58,67-71,73-76,80-87H,6-22H2,1-5H3,(H,63,77)(H,64,78)(H,65,72)(H,89,90)(H,91,92)/t23-,24+,25+,27-,28+,29-,30-,31?,32?,33?,34?,35?,39+,40?,41-,42-,43+,44+,45-,46+,47?,48?,49?,50+,51?,52?,53-,55+,56+,57-,58+,61-,62-/m1/s1. The molecular weight excluding hydrogens is 1440 g/mol. The van der Waals surface area contributed by atoms with E-state index in [-0.39, 0.29) is 44.0 Å². The molecule has 0 aromatic rings. The van der Waals surface area contributed by atoms with Gasteiger partial charge in [-0.2, -0.15) is 0 Å². The molecule has 5 amide bonds. The summed E-state index contributed by atoms with van der Waals surface area (Å²) in [5.41, 5.74) is 0. The molecule has 0 bridgehead atoms. The van der Waals surface area contributed by atoms with E-state index in [1.54, 1.807) is 0 Å². The summed E-state index contributed by atoms with van der Waals surface area (Å²) >= 11 is 1.08. The van der Waals surface area contributed by atoms with Crippen LogP contribution >= 0.6 is 11.8 Å². The number of unbranched alkanes of at least 4 members (excludes halogenated alkanes) is 1. The first-order valence-corrected chi connectivity index (χ1v) is 35.4. The number of imide groups is 1. The summed E-state index contributed by atoms with van der Waals surface area (Å²) in [6.07, 6.45) is -54.5. The first-order chi connectivity index (χ1) is 49.6. The molecule has 42 nitrogen and oxygen atoms in total. The van der Waals surface area contributed by atoms with Gasteiger partial charge in [0.25, 0.3) is 11.6 Å². The number of aliphatic hydroxyl groups is 17. The summed E-state index contributed by atoms with van der Waals surface area (Å²) in [5.74, 6) is -16.6. The number of rotatable bonds is 36. The maximum atomic E-state index is 13.7. The van der Waals surface area contributed by atoms with Gasteiger partial charge in [0.1, 0.15) is 110 Å². The number of carboxylic acids is 2. The molecule has 7 heterocycles. The van der Waals surface area contributed by atoms with Crippen LogP contribution in [0.25, 0.3) is 0 Å². The fourth-order valence-corrected chi connectivity index (χ4v) is 14.4. The second kappa shape index (κ2) is 39.0. The maximum Gasteiger partial charge on any atom is 0.364 e. The van der Waals surface area contributed by atoms with Crippen molar-refractivity contribution in [1.82, 2.24) is 20.9 Å². The minimum Gasteiger partial charge on any atom is -0.477 e. The molecule has 0 saturated carbocycles. The van der Waals surface area contributed by atoms with Crippen LogP contribution in [0.2, 0.25) is 0 Å². The average molecular weight is 1540 g/mol. The molecule has 7 aliphatic heterocycles. The third kappa shape index (κ3) is 20.6. The van der Waals surface area contributed by atoms with Crippen molar-refractivity contribution in [3.05, 3.63) is 0 Å². The number of hydrogen-bond acceptors (Lipinski definition) is 37. The largest absolute Gasteiger partial charge is 0.477 e. The zero-order valence-corrected chi connectivity index (χ0v) is 58.8. The molecule has 7 fully saturated rings. The quantitative estimate of drug-likeness (QED) is 0.0205. The number of amides is 5. The first kappa shape index (κ1) is 87.9. The van der Waals surface area contributed by atoms with Crippen LogP contribution in [0.3, 0.4) is 0 Å². The molecule has 0 aliphatic carbocycles. The Morgan fingerprint density at radius 3 is 1.70 bits per heavy atom. The monoisotopic (exact) mass is 1540 g/mol. The number of likely N-dealkylation sites (tertiary alicyclic amines) is 1. The molecule has 604 valence electrons.